The highest BCUT2D eigenvalue weighted by atomic mass is 35.5. The van der Waals surface area contributed by atoms with E-state index in [1.54, 1.807) is 17.5 Å². The van der Waals surface area contributed by atoms with Gasteiger partial charge in [-0.3, -0.25) is 9.48 Å². The van der Waals surface area contributed by atoms with E-state index < -0.39 is 0 Å². The van der Waals surface area contributed by atoms with Crippen LogP contribution in [0.5, 0.6) is 0 Å². The second-order valence-electron chi connectivity index (χ2n) is 6.31. The van der Waals surface area contributed by atoms with Crippen molar-refractivity contribution in [2.75, 3.05) is 13.1 Å². The number of aryl methyl sites for hydroxylation is 2. The quantitative estimate of drug-likeness (QED) is 0.849. The monoisotopic (exact) mass is 352 g/mol. The molecule has 0 saturated carbocycles. The van der Waals surface area contributed by atoms with Crippen LogP contribution in [-0.4, -0.2) is 38.7 Å². The lowest BCUT2D eigenvalue weighted by Gasteiger charge is -2.38. The van der Waals surface area contributed by atoms with Crippen molar-refractivity contribution in [2.24, 2.45) is 0 Å². The van der Waals surface area contributed by atoms with E-state index in [2.05, 4.69) is 17.0 Å². The van der Waals surface area contributed by atoms with Crippen LogP contribution in [0.4, 0.5) is 0 Å². The predicted octanol–water partition coefficient (Wildman–Crippen LogP) is 3.52. The number of hydrogen-bond donors (Lipinski definition) is 0. The molecule has 0 unspecified atom stereocenters. The summed E-state index contributed by atoms with van der Waals surface area (Å²) in [5.41, 5.74) is 1.53. The van der Waals surface area contributed by atoms with Crippen molar-refractivity contribution in [3.05, 3.63) is 33.0 Å². The maximum absolute atomic E-state index is 12.7. The first kappa shape index (κ1) is 16.5. The largest absolute Gasteiger partial charge is 0.338 e. The Bertz CT molecular complexity index is 715. The molecule has 1 aliphatic rings. The molecule has 1 saturated heterocycles. The maximum atomic E-state index is 12.7. The highest BCUT2D eigenvalue weighted by Crippen LogP contribution is 2.38. The number of likely N-dealkylation sites (tertiary alicyclic amines) is 1. The number of carbonyl (C=O) groups excluding carboxylic acids is 1. The molecule has 1 fully saturated rings. The Morgan fingerprint density at radius 3 is 2.65 bits per heavy atom. The van der Waals surface area contributed by atoms with Gasteiger partial charge in [0.25, 0.3) is 5.91 Å². The number of aromatic nitrogens is 3. The molecule has 7 heteroatoms. The molecule has 2 aromatic heterocycles. The summed E-state index contributed by atoms with van der Waals surface area (Å²) in [7, 11) is 0. The van der Waals surface area contributed by atoms with Gasteiger partial charge in [0.1, 0.15) is 9.34 Å². The molecule has 2 aromatic rings. The van der Waals surface area contributed by atoms with Crippen molar-refractivity contribution < 1.29 is 4.79 Å². The molecule has 0 bridgehead atoms. The van der Waals surface area contributed by atoms with E-state index in [0.29, 0.717) is 5.56 Å². The third-order valence-corrected chi connectivity index (χ3v) is 6.07. The zero-order chi connectivity index (χ0) is 16.6. The molecule has 1 aliphatic heterocycles. The van der Waals surface area contributed by atoms with Crippen LogP contribution in [0.3, 0.4) is 0 Å². The van der Waals surface area contributed by atoms with Crippen molar-refractivity contribution in [1.82, 2.24) is 19.7 Å². The van der Waals surface area contributed by atoms with Crippen LogP contribution in [-0.2, 0) is 12.0 Å². The Kier molecular flexibility index (Phi) is 4.47. The Hall–Kier alpha value is -1.40. The third-order valence-electron chi connectivity index (χ3n) is 4.65. The molecule has 5 nitrogen and oxygen atoms in total. The van der Waals surface area contributed by atoms with E-state index in [9.17, 15) is 4.79 Å². The average Bonchev–Trinajstić information content (AvgIpc) is 3.13. The second-order valence-corrected chi connectivity index (χ2v) is 7.97. The molecule has 0 aliphatic carbocycles. The van der Waals surface area contributed by atoms with E-state index in [-0.39, 0.29) is 11.3 Å². The Morgan fingerprint density at radius 1 is 1.43 bits per heavy atom. The molecular weight excluding hydrogens is 332 g/mol. The van der Waals surface area contributed by atoms with Gasteiger partial charge in [-0.2, -0.15) is 5.10 Å². The molecule has 0 radical (unpaired) electrons. The fourth-order valence-electron chi connectivity index (χ4n) is 3.01. The first-order valence-electron chi connectivity index (χ1n) is 7.88. The summed E-state index contributed by atoms with van der Waals surface area (Å²) in [5, 5.41) is 5.44. The topological polar surface area (TPSA) is 51.0 Å². The summed E-state index contributed by atoms with van der Waals surface area (Å²) in [5.74, 6) is 0.0846. The van der Waals surface area contributed by atoms with Gasteiger partial charge in [0.15, 0.2) is 0 Å². The molecule has 124 valence electrons. The minimum atomic E-state index is 0.0111. The van der Waals surface area contributed by atoms with Gasteiger partial charge < -0.3 is 4.90 Å². The fourth-order valence-corrected chi connectivity index (χ4v) is 4.12. The first-order valence-corrected chi connectivity index (χ1v) is 9.07. The van der Waals surface area contributed by atoms with Gasteiger partial charge in [-0.25, -0.2) is 4.98 Å². The predicted molar refractivity (Wildman–Crippen MR) is 92.3 cm³/mol. The van der Waals surface area contributed by atoms with Crippen LogP contribution >= 0.6 is 22.9 Å². The lowest BCUT2D eigenvalue weighted by atomic mass is 9.81. The maximum Gasteiger partial charge on any atom is 0.257 e. The van der Waals surface area contributed by atoms with Crippen molar-refractivity contribution in [3.8, 4) is 0 Å². The van der Waals surface area contributed by atoms with E-state index in [1.807, 2.05) is 29.6 Å². The summed E-state index contributed by atoms with van der Waals surface area (Å²) < 4.78 is 2.54. The van der Waals surface area contributed by atoms with E-state index in [0.717, 1.165) is 47.5 Å². The van der Waals surface area contributed by atoms with Crippen molar-refractivity contribution in [1.29, 1.82) is 0 Å². The number of piperidine rings is 1. The van der Waals surface area contributed by atoms with Gasteiger partial charge in [-0.15, -0.1) is 11.3 Å². The van der Waals surface area contributed by atoms with E-state index in [4.69, 9.17) is 11.6 Å². The molecule has 3 heterocycles. The number of nitrogens with zero attached hydrogens (tertiary/aromatic N) is 4. The molecular formula is C16H21ClN4OS. The Morgan fingerprint density at radius 2 is 2.13 bits per heavy atom. The number of rotatable bonds is 3. The lowest BCUT2D eigenvalue weighted by molar-refractivity contribution is 0.0675. The zero-order valence-corrected chi connectivity index (χ0v) is 15.2. The number of carbonyl (C=O) groups is 1. The molecule has 0 atom stereocenters. The molecule has 0 N–H and O–H groups in total. The SMILES string of the molecule is CCn1cc(C(=O)N2CCC(C)(c3ncc(Cl)s3)CC2)c(C)n1. The van der Waals surface area contributed by atoms with Crippen molar-refractivity contribution in [2.45, 2.75) is 45.6 Å². The highest BCUT2D eigenvalue weighted by Gasteiger charge is 2.36. The van der Waals surface area contributed by atoms with Gasteiger partial charge in [0.2, 0.25) is 0 Å². The van der Waals surface area contributed by atoms with Crippen LogP contribution in [0, 0.1) is 6.92 Å². The van der Waals surface area contributed by atoms with Crippen LogP contribution in [0.1, 0.15) is 47.7 Å². The van der Waals surface area contributed by atoms with E-state index in [1.165, 1.54) is 0 Å². The summed E-state index contributed by atoms with van der Waals surface area (Å²) in [6.07, 6.45) is 5.38. The third kappa shape index (κ3) is 3.15. The van der Waals surface area contributed by atoms with Crippen molar-refractivity contribution >= 4 is 28.8 Å². The standard InChI is InChI=1S/C16H21ClN4OS/c1-4-21-10-12(11(2)19-21)14(22)20-7-5-16(3,6-8-20)15-18-9-13(17)23-15/h9-10H,4-8H2,1-3H3. The highest BCUT2D eigenvalue weighted by molar-refractivity contribution is 7.15. The second kappa shape index (κ2) is 6.24. The Labute approximate surface area is 145 Å². The summed E-state index contributed by atoms with van der Waals surface area (Å²) in [6.45, 7) is 8.38. The molecule has 0 spiro atoms. The minimum absolute atomic E-state index is 0.0111. The minimum Gasteiger partial charge on any atom is -0.338 e. The van der Waals surface area contributed by atoms with Crippen LogP contribution in [0.2, 0.25) is 4.34 Å². The summed E-state index contributed by atoms with van der Waals surface area (Å²) in [4.78, 5) is 19.1. The van der Waals surface area contributed by atoms with Crippen LogP contribution in [0.15, 0.2) is 12.4 Å². The first-order chi connectivity index (χ1) is 10.9. The van der Waals surface area contributed by atoms with Gasteiger partial charge in [0.05, 0.1) is 17.5 Å². The Balaban J connectivity index is 1.71. The number of thiazole rings is 1. The summed E-state index contributed by atoms with van der Waals surface area (Å²) in [6, 6.07) is 0. The molecule has 3 rings (SSSR count). The molecule has 1 amide bonds. The van der Waals surface area contributed by atoms with Crippen LogP contribution in [0.25, 0.3) is 0 Å². The van der Waals surface area contributed by atoms with Gasteiger partial charge in [-0.1, -0.05) is 18.5 Å². The smallest absolute Gasteiger partial charge is 0.257 e. The van der Waals surface area contributed by atoms with Gasteiger partial charge in [0, 0.05) is 31.2 Å². The van der Waals surface area contributed by atoms with Crippen molar-refractivity contribution in [3.63, 3.8) is 0 Å². The zero-order valence-electron chi connectivity index (χ0n) is 13.7. The number of hydrogen-bond acceptors (Lipinski definition) is 4. The van der Waals surface area contributed by atoms with Gasteiger partial charge in [-0.05, 0) is 26.7 Å². The van der Waals surface area contributed by atoms with Crippen LogP contribution < -0.4 is 0 Å². The summed E-state index contributed by atoms with van der Waals surface area (Å²) >= 11 is 7.56. The fraction of sp³-hybridized carbons (Fsp3) is 0.562. The molecule has 23 heavy (non-hydrogen) atoms. The number of halogens is 1. The lowest BCUT2D eigenvalue weighted by Crippen LogP contribution is -2.44. The number of amides is 1. The molecule has 0 aromatic carbocycles. The normalized spacial score (nSPS) is 17.5. The average molecular weight is 353 g/mol. The van der Waals surface area contributed by atoms with Gasteiger partial charge >= 0.3 is 0 Å². The van der Waals surface area contributed by atoms with E-state index >= 15 is 0 Å².